The fraction of sp³-hybridized carbons (Fsp3) is 0.600. The van der Waals surface area contributed by atoms with Crippen LogP contribution in [-0.2, 0) is 14.4 Å². The molecule has 0 radical (unpaired) electrons. The fourth-order valence-corrected chi connectivity index (χ4v) is 1.47. The third-order valence-corrected chi connectivity index (χ3v) is 2.53. The summed E-state index contributed by atoms with van der Waals surface area (Å²) >= 11 is 0. The van der Waals surface area contributed by atoms with E-state index in [0.29, 0.717) is 12.8 Å². The molecule has 1 rings (SSSR count). The molecule has 1 aliphatic rings. The Labute approximate surface area is 139 Å². The zero-order valence-electron chi connectivity index (χ0n) is 11.4. The molecule has 0 unspecified atom stereocenters. The maximum Gasteiger partial charge on any atom is 1.00 e. The van der Waals surface area contributed by atoms with Gasteiger partial charge in [-0.05, 0) is 19.8 Å². The molecule has 4 amide bonds. The second-order valence-electron chi connectivity index (χ2n) is 3.52. The number of barbiturate groups is 1. The van der Waals surface area contributed by atoms with Crippen molar-refractivity contribution >= 4 is 36.2 Å². The molecule has 2 N–H and O–H groups in total. The Balaban J connectivity index is -0.000000379. The van der Waals surface area contributed by atoms with Crippen molar-refractivity contribution in [3.63, 3.8) is 0 Å². The first-order chi connectivity index (χ1) is 7.80. The van der Waals surface area contributed by atoms with Crippen LogP contribution in [0.25, 0.3) is 0 Å². The van der Waals surface area contributed by atoms with Crippen molar-refractivity contribution in [3.8, 4) is 0 Å². The molecular weight excluding hydrogens is 287 g/mol. The molecule has 1 heterocycles. The van der Waals surface area contributed by atoms with Crippen LogP contribution in [0.4, 0.5) is 4.79 Å². The first-order valence-corrected chi connectivity index (χ1v) is 5.14. The SMILES string of the molecule is CC(=O)[O-].CCC1(CC)C(=O)NC(=O)NC1=O.Cl.[Na+]. The van der Waals surface area contributed by atoms with Gasteiger partial charge in [-0.1, -0.05) is 13.8 Å². The van der Waals surface area contributed by atoms with E-state index in [4.69, 9.17) is 9.90 Å². The number of aliphatic carboxylic acids is 1. The Bertz CT molecular complexity index is 332. The number of halogens is 1. The minimum absolute atomic E-state index is 0. The third-order valence-electron chi connectivity index (χ3n) is 2.53. The second-order valence-corrected chi connectivity index (χ2v) is 3.52. The van der Waals surface area contributed by atoms with Crippen LogP contribution in [0, 0.1) is 5.41 Å². The van der Waals surface area contributed by atoms with Gasteiger partial charge in [0.05, 0.1) is 0 Å². The zero-order valence-corrected chi connectivity index (χ0v) is 14.2. The minimum atomic E-state index is -1.08. The topological polar surface area (TPSA) is 115 Å². The van der Waals surface area contributed by atoms with E-state index in [1.165, 1.54) is 0 Å². The molecule has 1 fully saturated rings. The van der Waals surface area contributed by atoms with Gasteiger partial charge in [0.2, 0.25) is 11.8 Å². The molecule has 104 valence electrons. The van der Waals surface area contributed by atoms with Gasteiger partial charge in [-0.25, -0.2) is 4.79 Å². The molecule has 0 saturated carbocycles. The van der Waals surface area contributed by atoms with Crippen LogP contribution in [0.3, 0.4) is 0 Å². The Morgan fingerprint density at radius 2 is 1.37 bits per heavy atom. The van der Waals surface area contributed by atoms with Crippen molar-refractivity contribution in [2.24, 2.45) is 5.41 Å². The number of nitrogens with one attached hydrogen (secondary N) is 2. The number of rotatable bonds is 2. The zero-order chi connectivity index (χ0) is 13.6. The average Bonchev–Trinajstić information content (AvgIpc) is 2.17. The summed E-state index contributed by atoms with van der Waals surface area (Å²) < 4.78 is 0. The molecule has 0 aromatic heterocycles. The molecule has 9 heteroatoms. The smallest absolute Gasteiger partial charge is 0.550 e. The molecule has 0 aliphatic carbocycles. The van der Waals surface area contributed by atoms with Crippen LogP contribution in [0.2, 0.25) is 0 Å². The van der Waals surface area contributed by atoms with Gasteiger partial charge < -0.3 is 9.90 Å². The van der Waals surface area contributed by atoms with Gasteiger partial charge in [0.25, 0.3) is 0 Å². The van der Waals surface area contributed by atoms with E-state index in [9.17, 15) is 14.4 Å². The van der Waals surface area contributed by atoms with Crippen LogP contribution in [0.15, 0.2) is 0 Å². The number of amides is 4. The van der Waals surface area contributed by atoms with E-state index in [2.05, 4.69) is 10.6 Å². The van der Waals surface area contributed by atoms with Crippen LogP contribution >= 0.6 is 12.4 Å². The van der Waals surface area contributed by atoms with E-state index in [1.54, 1.807) is 13.8 Å². The Morgan fingerprint density at radius 1 is 1.11 bits per heavy atom. The van der Waals surface area contributed by atoms with Crippen molar-refractivity contribution in [1.82, 2.24) is 10.6 Å². The van der Waals surface area contributed by atoms with Crippen molar-refractivity contribution in [1.29, 1.82) is 0 Å². The predicted molar refractivity (Wildman–Crippen MR) is 62.6 cm³/mol. The van der Waals surface area contributed by atoms with Crippen molar-refractivity contribution in [2.45, 2.75) is 33.6 Å². The normalized spacial score (nSPS) is 15.6. The van der Waals surface area contributed by atoms with Crippen molar-refractivity contribution in [2.75, 3.05) is 0 Å². The molecule has 0 bridgehead atoms. The van der Waals surface area contributed by atoms with E-state index in [1.807, 2.05) is 0 Å². The van der Waals surface area contributed by atoms with Crippen molar-refractivity contribution < 1.29 is 53.8 Å². The summed E-state index contributed by atoms with van der Waals surface area (Å²) in [5.41, 5.74) is -1.06. The predicted octanol–water partition coefficient (Wildman–Crippen LogP) is -3.66. The standard InChI is InChI=1S/C8H12N2O3.C2H4O2.ClH.Na/c1-3-8(4-2)5(11)9-7(13)10-6(8)12;1-2(3)4;;/h3-4H2,1-2H3,(H2,9,10,11,12,13);1H3,(H,3,4);1H;/q;;;+1/p-1. The quantitative estimate of drug-likeness (QED) is 0.403. The first kappa shape index (κ1) is 23.5. The minimum Gasteiger partial charge on any atom is -0.550 e. The molecule has 0 aromatic rings. The number of imide groups is 2. The van der Waals surface area contributed by atoms with Gasteiger partial charge >= 0.3 is 35.6 Å². The molecular formula is C10H16ClN2NaO5. The summed E-state index contributed by atoms with van der Waals surface area (Å²) in [5.74, 6) is -2.07. The van der Waals surface area contributed by atoms with Gasteiger partial charge in [-0.3, -0.25) is 20.2 Å². The summed E-state index contributed by atoms with van der Waals surface area (Å²) in [6.45, 7) is 4.47. The number of carbonyl (C=O) groups excluding carboxylic acids is 4. The Hall–Kier alpha value is -0.630. The summed E-state index contributed by atoms with van der Waals surface area (Å²) in [4.78, 5) is 42.4. The summed E-state index contributed by atoms with van der Waals surface area (Å²) in [6.07, 6.45) is 0.795. The number of carboxylic acids is 1. The maximum atomic E-state index is 11.4. The largest absolute Gasteiger partial charge is 1.00 e. The van der Waals surface area contributed by atoms with E-state index in [0.717, 1.165) is 6.92 Å². The maximum absolute atomic E-state index is 11.4. The van der Waals surface area contributed by atoms with Gasteiger partial charge in [-0.15, -0.1) is 12.4 Å². The van der Waals surface area contributed by atoms with E-state index >= 15 is 0 Å². The molecule has 0 aromatic carbocycles. The van der Waals surface area contributed by atoms with Gasteiger partial charge in [-0.2, -0.15) is 0 Å². The van der Waals surface area contributed by atoms with Crippen LogP contribution in [0.1, 0.15) is 33.6 Å². The fourth-order valence-electron chi connectivity index (χ4n) is 1.47. The average molecular weight is 303 g/mol. The summed E-state index contributed by atoms with van der Waals surface area (Å²) in [5, 5.41) is 13.1. The number of urea groups is 1. The van der Waals surface area contributed by atoms with Gasteiger partial charge in [0.1, 0.15) is 5.41 Å². The molecule has 1 aliphatic heterocycles. The van der Waals surface area contributed by atoms with E-state index in [-0.39, 0.29) is 42.0 Å². The summed E-state index contributed by atoms with van der Waals surface area (Å²) in [6, 6.07) is -0.729. The third kappa shape index (κ3) is 6.38. The number of hydrogen-bond acceptors (Lipinski definition) is 5. The monoisotopic (exact) mass is 302 g/mol. The second kappa shape index (κ2) is 10.2. The number of carbonyl (C=O) groups is 4. The molecule has 7 nitrogen and oxygen atoms in total. The first-order valence-electron chi connectivity index (χ1n) is 5.14. The molecule has 0 spiro atoms. The number of hydrogen-bond donors (Lipinski definition) is 2. The summed E-state index contributed by atoms with van der Waals surface area (Å²) in [7, 11) is 0. The molecule has 0 atom stereocenters. The van der Waals surface area contributed by atoms with E-state index < -0.39 is 29.2 Å². The van der Waals surface area contributed by atoms with Crippen LogP contribution in [-0.4, -0.2) is 23.8 Å². The van der Waals surface area contributed by atoms with Crippen LogP contribution < -0.4 is 45.3 Å². The van der Waals surface area contributed by atoms with Gasteiger partial charge in [0, 0.05) is 5.97 Å². The Morgan fingerprint density at radius 3 is 1.58 bits per heavy atom. The Kier molecular flexibility index (Phi) is 12.6. The molecule has 1 saturated heterocycles. The van der Waals surface area contributed by atoms with Crippen molar-refractivity contribution in [3.05, 3.63) is 0 Å². The van der Waals surface area contributed by atoms with Crippen LogP contribution in [0.5, 0.6) is 0 Å². The number of carboxylic acid groups (broad SMARTS) is 1. The van der Waals surface area contributed by atoms with Gasteiger partial charge in [0.15, 0.2) is 0 Å². The molecule has 19 heavy (non-hydrogen) atoms.